The second-order valence-electron chi connectivity index (χ2n) is 19.2. The smallest absolute Gasteiger partial charge is 0.361 e. The molecule has 0 aromatic carbocycles. The molecule has 71 heavy (non-hydrogen) atoms. The second kappa shape index (κ2) is 52.0. The summed E-state index contributed by atoms with van der Waals surface area (Å²) in [4.78, 5) is 37.0. The lowest BCUT2D eigenvalue weighted by atomic mass is 10.1. The summed E-state index contributed by atoms with van der Waals surface area (Å²) in [6.45, 7) is 4.67. The highest BCUT2D eigenvalue weighted by Gasteiger charge is 2.25. The number of esters is 2. The molecule has 9 heteroatoms. The topological polar surface area (TPSA) is 108 Å². The third-order valence-corrected chi connectivity index (χ3v) is 11.2. The van der Waals surface area contributed by atoms with E-state index in [1.54, 1.807) is 0 Å². The predicted molar refractivity (Wildman–Crippen MR) is 299 cm³/mol. The number of nitrogens with zero attached hydrogens (tertiary/aromatic N) is 1. The molecule has 2 atom stereocenters. The van der Waals surface area contributed by atoms with E-state index in [2.05, 4.69) is 135 Å². The van der Waals surface area contributed by atoms with Crippen LogP contribution in [0.5, 0.6) is 0 Å². The summed E-state index contributed by atoms with van der Waals surface area (Å²) >= 11 is 0. The summed E-state index contributed by atoms with van der Waals surface area (Å²) < 4.78 is 22.7. The number of carbonyl (C=O) groups excluding carboxylic acids is 2. The standard InChI is InChI=1S/C62H101NO8/c1-6-8-10-12-14-15-16-17-18-19-20-21-22-23-24-25-26-27-28-29-30-31-32-33-34-35-36-37-38-39-40-41-42-43-44-45-47-49-51-53-60(65)71-58(56-69-59(64)52-50-48-46-13-11-9-7-2)57-70-62(61(66)67)68-55-54-63(3,4)5/h8,10,14-15,17-18,20-21,23-24,26-27,29-30,32-33,35-36,38-39,58,62H,6-7,9,11-13,16,19,22,25,28,31,34,37,40-57H2,1-5H3/p+1/b10-8-,15-14-,18-17-,21-20-,24-23-,27-26-,30-29-,33-32-,36-35-,39-38-. The monoisotopic (exact) mass is 989 g/mol. The molecule has 0 aliphatic rings. The molecule has 0 aromatic heterocycles. The van der Waals surface area contributed by atoms with Gasteiger partial charge >= 0.3 is 17.9 Å². The van der Waals surface area contributed by atoms with Gasteiger partial charge in [0.2, 0.25) is 0 Å². The molecule has 0 aromatic rings. The van der Waals surface area contributed by atoms with Gasteiger partial charge in [-0.25, -0.2) is 4.79 Å². The van der Waals surface area contributed by atoms with Crippen molar-refractivity contribution in [3.8, 4) is 0 Å². The van der Waals surface area contributed by atoms with Gasteiger partial charge in [-0.05, 0) is 89.9 Å². The summed E-state index contributed by atoms with van der Waals surface area (Å²) in [5.74, 6) is -2.04. The van der Waals surface area contributed by atoms with Gasteiger partial charge in [-0.1, -0.05) is 212 Å². The molecule has 0 amide bonds. The first-order valence-electron chi connectivity index (χ1n) is 27.7. The molecule has 0 fully saturated rings. The maximum atomic E-state index is 12.8. The van der Waals surface area contributed by atoms with Gasteiger partial charge in [-0.15, -0.1) is 0 Å². The number of allylic oxidation sites excluding steroid dienone is 20. The number of carbonyl (C=O) groups is 3. The first-order valence-corrected chi connectivity index (χ1v) is 27.7. The molecule has 9 nitrogen and oxygen atoms in total. The molecule has 402 valence electrons. The normalized spacial score (nSPS) is 13.8. The fourth-order valence-electron chi connectivity index (χ4n) is 6.98. The van der Waals surface area contributed by atoms with Gasteiger partial charge in [0.1, 0.15) is 13.2 Å². The predicted octanol–water partition coefficient (Wildman–Crippen LogP) is 16.1. The Bertz CT molecular complexity index is 1570. The van der Waals surface area contributed by atoms with E-state index >= 15 is 0 Å². The van der Waals surface area contributed by atoms with Gasteiger partial charge in [0.25, 0.3) is 6.29 Å². The van der Waals surface area contributed by atoms with Crippen LogP contribution in [0.4, 0.5) is 0 Å². The highest BCUT2D eigenvalue weighted by Crippen LogP contribution is 2.14. The molecule has 0 saturated carbocycles. The molecule has 0 rings (SSSR count). The van der Waals surface area contributed by atoms with Gasteiger partial charge in [-0.2, -0.15) is 0 Å². The molecule has 0 heterocycles. The van der Waals surface area contributed by atoms with Gasteiger partial charge < -0.3 is 28.5 Å². The third kappa shape index (κ3) is 53.3. The van der Waals surface area contributed by atoms with E-state index in [0.29, 0.717) is 23.9 Å². The van der Waals surface area contributed by atoms with E-state index in [-0.39, 0.29) is 32.2 Å². The fraction of sp³-hybridized carbons (Fsp3) is 0.629. The minimum absolute atomic E-state index is 0.181. The lowest BCUT2D eigenvalue weighted by Gasteiger charge is -2.25. The Hall–Kier alpha value is -4.31. The van der Waals surface area contributed by atoms with E-state index in [1.807, 2.05) is 21.1 Å². The van der Waals surface area contributed by atoms with E-state index in [9.17, 15) is 19.5 Å². The molecule has 0 saturated heterocycles. The largest absolute Gasteiger partial charge is 0.477 e. The van der Waals surface area contributed by atoms with Crippen molar-refractivity contribution in [1.29, 1.82) is 0 Å². The van der Waals surface area contributed by atoms with Crippen molar-refractivity contribution in [3.63, 3.8) is 0 Å². The van der Waals surface area contributed by atoms with Crippen molar-refractivity contribution in [3.05, 3.63) is 122 Å². The van der Waals surface area contributed by atoms with Crippen LogP contribution < -0.4 is 0 Å². The van der Waals surface area contributed by atoms with E-state index in [0.717, 1.165) is 109 Å². The number of likely N-dealkylation sites (N-methyl/N-ethyl adjacent to an activating group) is 1. The number of quaternary nitrogens is 1. The Morgan fingerprint density at radius 3 is 1.20 bits per heavy atom. The number of aliphatic carboxylic acids is 1. The van der Waals surface area contributed by atoms with Crippen molar-refractivity contribution in [2.45, 2.75) is 206 Å². The average molecular weight is 989 g/mol. The van der Waals surface area contributed by atoms with Gasteiger partial charge in [0.15, 0.2) is 6.10 Å². The Morgan fingerprint density at radius 1 is 0.437 bits per heavy atom. The number of rotatable bonds is 49. The third-order valence-electron chi connectivity index (χ3n) is 11.2. The van der Waals surface area contributed by atoms with Crippen LogP contribution in [0.2, 0.25) is 0 Å². The van der Waals surface area contributed by atoms with Crippen molar-refractivity contribution < 1.29 is 42.9 Å². The molecular formula is C62H102NO8+. The molecule has 0 radical (unpaired) electrons. The maximum absolute atomic E-state index is 12.8. The Morgan fingerprint density at radius 2 is 0.803 bits per heavy atom. The zero-order valence-corrected chi connectivity index (χ0v) is 45.6. The molecular weight excluding hydrogens is 887 g/mol. The molecule has 0 aliphatic carbocycles. The van der Waals surface area contributed by atoms with Crippen LogP contribution in [-0.2, 0) is 33.3 Å². The SMILES string of the molecule is CC/C=C\C/C=C\C/C=C\C/C=C\C/C=C\C/C=C\C/C=C\C/C=C\C/C=C\C/C=C\CCCCCCCCCCC(=O)OC(COC(=O)CCCCCCCCC)COC(OCC[N+](C)(C)C)C(=O)O. The van der Waals surface area contributed by atoms with Crippen LogP contribution in [0.15, 0.2) is 122 Å². The van der Waals surface area contributed by atoms with Crippen LogP contribution >= 0.6 is 0 Å². The Labute approximate surface area is 434 Å². The number of carboxylic acid groups (broad SMARTS) is 1. The van der Waals surface area contributed by atoms with Crippen molar-refractivity contribution >= 4 is 17.9 Å². The zero-order chi connectivity index (χ0) is 52.0. The van der Waals surface area contributed by atoms with Crippen LogP contribution in [0.1, 0.15) is 194 Å². The van der Waals surface area contributed by atoms with Crippen molar-refractivity contribution in [2.24, 2.45) is 0 Å². The summed E-state index contributed by atoms with van der Waals surface area (Å²) in [6, 6.07) is 0. The highest BCUT2D eigenvalue weighted by molar-refractivity contribution is 5.71. The van der Waals surface area contributed by atoms with Gasteiger partial charge in [-0.3, -0.25) is 9.59 Å². The van der Waals surface area contributed by atoms with Gasteiger partial charge in [0.05, 0.1) is 34.4 Å². The second-order valence-corrected chi connectivity index (χ2v) is 19.2. The van der Waals surface area contributed by atoms with E-state index in [1.165, 1.54) is 51.4 Å². The molecule has 1 N–H and O–H groups in total. The zero-order valence-electron chi connectivity index (χ0n) is 45.6. The molecule has 0 aliphatic heterocycles. The van der Waals surface area contributed by atoms with Gasteiger partial charge in [0, 0.05) is 12.8 Å². The number of ether oxygens (including phenoxy) is 4. The minimum atomic E-state index is -1.51. The lowest BCUT2D eigenvalue weighted by Crippen LogP contribution is -2.40. The van der Waals surface area contributed by atoms with Crippen LogP contribution in [0, 0.1) is 0 Å². The van der Waals surface area contributed by atoms with Crippen LogP contribution in [0.25, 0.3) is 0 Å². The number of hydrogen-bond acceptors (Lipinski definition) is 7. The molecule has 0 spiro atoms. The highest BCUT2D eigenvalue weighted by atomic mass is 16.7. The maximum Gasteiger partial charge on any atom is 0.361 e. The average Bonchev–Trinajstić information content (AvgIpc) is 3.34. The van der Waals surface area contributed by atoms with Crippen LogP contribution in [-0.4, -0.2) is 87.4 Å². The first kappa shape index (κ1) is 66.7. The van der Waals surface area contributed by atoms with Crippen molar-refractivity contribution in [2.75, 3.05) is 47.5 Å². The first-order chi connectivity index (χ1) is 34.6. The lowest BCUT2D eigenvalue weighted by molar-refractivity contribution is -0.870. The van der Waals surface area contributed by atoms with E-state index in [4.69, 9.17) is 18.9 Å². The summed E-state index contributed by atoms with van der Waals surface area (Å²) in [5.41, 5.74) is 0. The van der Waals surface area contributed by atoms with Crippen LogP contribution in [0.3, 0.4) is 0 Å². The molecule has 2 unspecified atom stereocenters. The summed E-state index contributed by atoms with van der Waals surface area (Å²) in [6.07, 6.45) is 70.3. The number of unbranched alkanes of at least 4 members (excludes halogenated alkanes) is 14. The fourth-order valence-corrected chi connectivity index (χ4v) is 6.98. The minimum Gasteiger partial charge on any atom is -0.477 e. The Kier molecular flexibility index (Phi) is 48.9. The van der Waals surface area contributed by atoms with Crippen molar-refractivity contribution in [1.82, 2.24) is 0 Å². The Balaban J connectivity index is 4.09. The van der Waals surface area contributed by atoms with E-state index < -0.39 is 24.3 Å². The molecule has 0 bridgehead atoms. The number of carboxylic acids is 1. The quantitative estimate of drug-likeness (QED) is 0.0211. The summed E-state index contributed by atoms with van der Waals surface area (Å²) in [5, 5.41) is 9.63. The summed E-state index contributed by atoms with van der Waals surface area (Å²) in [7, 11) is 5.94. The number of hydrogen-bond donors (Lipinski definition) is 1.